The minimum absolute atomic E-state index is 0.379. The number of hydrogen-bond acceptors (Lipinski definition) is 4. The molecule has 1 heterocycles. The first-order chi connectivity index (χ1) is 5.54. The standard InChI is InChI=1S/C6H8ClNO2S2/c1-12(9,10)6-3-2-5(11-6)4-8-7/h2-3,8H,4H2,1H3. The van der Waals surface area contributed by atoms with Gasteiger partial charge in [0.05, 0.1) is 0 Å². The summed E-state index contributed by atoms with van der Waals surface area (Å²) >= 11 is 6.50. The fourth-order valence-corrected chi connectivity index (χ4v) is 2.86. The van der Waals surface area contributed by atoms with E-state index < -0.39 is 9.84 Å². The van der Waals surface area contributed by atoms with Crippen LogP contribution in [-0.4, -0.2) is 14.7 Å². The van der Waals surface area contributed by atoms with Crippen molar-refractivity contribution in [1.29, 1.82) is 0 Å². The molecule has 0 saturated carbocycles. The molecule has 0 aliphatic rings. The van der Waals surface area contributed by atoms with Crippen LogP contribution >= 0.6 is 23.1 Å². The smallest absolute Gasteiger partial charge is 0.184 e. The van der Waals surface area contributed by atoms with E-state index in [1.807, 2.05) is 0 Å². The molecule has 1 aromatic rings. The summed E-state index contributed by atoms with van der Waals surface area (Å²) in [6.45, 7) is 0.488. The highest BCUT2D eigenvalue weighted by molar-refractivity contribution is 7.92. The van der Waals surface area contributed by atoms with Crippen LogP contribution in [-0.2, 0) is 16.4 Å². The molecule has 12 heavy (non-hydrogen) atoms. The predicted octanol–water partition coefficient (Wildman–Crippen LogP) is 1.40. The molecule has 68 valence electrons. The van der Waals surface area contributed by atoms with Gasteiger partial charge >= 0.3 is 0 Å². The molecular weight excluding hydrogens is 218 g/mol. The first kappa shape index (κ1) is 9.98. The number of rotatable bonds is 3. The Balaban J connectivity index is 2.92. The lowest BCUT2D eigenvalue weighted by atomic mass is 10.5. The van der Waals surface area contributed by atoms with Crippen LogP contribution in [0.2, 0.25) is 0 Å². The summed E-state index contributed by atoms with van der Waals surface area (Å²) in [6, 6.07) is 3.33. The minimum Gasteiger partial charge on any atom is -0.228 e. The van der Waals surface area contributed by atoms with Gasteiger partial charge in [-0.25, -0.2) is 13.3 Å². The van der Waals surface area contributed by atoms with E-state index in [1.54, 1.807) is 12.1 Å². The van der Waals surface area contributed by atoms with Crippen LogP contribution in [0.3, 0.4) is 0 Å². The van der Waals surface area contributed by atoms with Crippen molar-refractivity contribution in [3.63, 3.8) is 0 Å². The number of hydrogen-bond donors (Lipinski definition) is 1. The van der Waals surface area contributed by atoms with Crippen molar-refractivity contribution in [2.45, 2.75) is 10.8 Å². The Bertz CT molecular complexity index is 357. The van der Waals surface area contributed by atoms with Gasteiger partial charge in [0.15, 0.2) is 9.84 Å². The van der Waals surface area contributed by atoms with Crippen molar-refractivity contribution in [2.24, 2.45) is 0 Å². The zero-order valence-corrected chi connectivity index (χ0v) is 8.76. The maximum absolute atomic E-state index is 11.0. The van der Waals surface area contributed by atoms with Gasteiger partial charge < -0.3 is 0 Å². The molecule has 6 heteroatoms. The fourth-order valence-electron chi connectivity index (χ4n) is 0.718. The lowest BCUT2D eigenvalue weighted by molar-refractivity contribution is 0.604. The highest BCUT2D eigenvalue weighted by Gasteiger charge is 2.09. The highest BCUT2D eigenvalue weighted by Crippen LogP contribution is 2.21. The molecule has 0 fully saturated rings. The van der Waals surface area contributed by atoms with E-state index in [-0.39, 0.29) is 0 Å². The van der Waals surface area contributed by atoms with Crippen LogP contribution in [0.15, 0.2) is 16.3 Å². The monoisotopic (exact) mass is 225 g/mol. The second-order valence-corrected chi connectivity index (χ2v) is 5.98. The summed E-state index contributed by atoms with van der Waals surface area (Å²) in [5.41, 5.74) is 0. The van der Waals surface area contributed by atoms with Crippen LogP contribution in [0.5, 0.6) is 0 Å². The summed E-state index contributed by atoms with van der Waals surface area (Å²) in [4.78, 5) is 3.34. The van der Waals surface area contributed by atoms with Crippen LogP contribution in [0.25, 0.3) is 0 Å². The molecule has 0 saturated heterocycles. The molecule has 0 aliphatic heterocycles. The Morgan fingerprint density at radius 2 is 2.25 bits per heavy atom. The Morgan fingerprint density at radius 3 is 2.67 bits per heavy atom. The van der Waals surface area contributed by atoms with E-state index in [4.69, 9.17) is 11.8 Å². The maximum atomic E-state index is 11.0. The molecule has 1 rings (SSSR count). The molecule has 0 spiro atoms. The van der Waals surface area contributed by atoms with Gasteiger partial charge in [0, 0.05) is 17.7 Å². The lowest BCUT2D eigenvalue weighted by Gasteiger charge is -1.90. The fraction of sp³-hybridized carbons (Fsp3) is 0.333. The van der Waals surface area contributed by atoms with Crippen molar-refractivity contribution >= 4 is 33.0 Å². The van der Waals surface area contributed by atoms with E-state index in [9.17, 15) is 8.42 Å². The summed E-state index contributed by atoms with van der Waals surface area (Å²) in [6.07, 6.45) is 1.19. The normalized spacial score (nSPS) is 11.8. The van der Waals surface area contributed by atoms with Crippen LogP contribution in [0.1, 0.15) is 4.88 Å². The van der Waals surface area contributed by atoms with Crippen molar-refractivity contribution in [1.82, 2.24) is 4.84 Å². The first-order valence-electron chi connectivity index (χ1n) is 3.16. The van der Waals surface area contributed by atoms with E-state index in [0.29, 0.717) is 10.8 Å². The molecule has 1 N–H and O–H groups in total. The molecular formula is C6H8ClNO2S2. The first-order valence-corrected chi connectivity index (χ1v) is 6.25. The second-order valence-electron chi connectivity index (χ2n) is 2.30. The van der Waals surface area contributed by atoms with Gasteiger partial charge in [-0.05, 0) is 23.9 Å². The van der Waals surface area contributed by atoms with Crippen molar-refractivity contribution in [3.8, 4) is 0 Å². The van der Waals surface area contributed by atoms with Crippen LogP contribution in [0.4, 0.5) is 0 Å². The number of sulfone groups is 1. The summed E-state index contributed by atoms with van der Waals surface area (Å²) < 4.78 is 22.4. The molecule has 0 amide bonds. The molecule has 3 nitrogen and oxygen atoms in total. The summed E-state index contributed by atoms with van der Waals surface area (Å²) in [7, 11) is -3.05. The Hall–Kier alpha value is -0.100. The molecule has 0 aromatic carbocycles. The zero-order chi connectivity index (χ0) is 9.19. The Morgan fingerprint density at radius 1 is 1.58 bits per heavy atom. The van der Waals surface area contributed by atoms with Crippen LogP contribution < -0.4 is 4.84 Å². The lowest BCUT2D eigenvalue weighted by Crippen LogP contribution is -1.95. The van der Waals surface area contributed by atoms with Gasteiger partial charge in [-0.2, -0.15) is 0 Å². The van der Waals surface area contributed by atoms with Crippen molar-refractivity contribution in [3.05, 3.63) is 17.0 Å². The predicted molar refractivity (Wildman–Crippen MR) is 50.1 cm³/mol. The summed E-state index contributed by atoms with van der Waals surface area (Å²) in [5.74, 6) is 0. The number of nitrogens with one attached hydrogen (secondary N) is 1. The largest absolute Gasteiger partial charge is 0.228 e. The average Bonchev–Trinajstić information content (AvgIpc) is 2.35. The maximum Gasteiger partial charge on any atom is 0.184 e. The average molecular weight is 226 g/mol. The molecule has 1 aromatic heterocycles. The summed E-state index contributed by atoms with van der Waals surface area (Å²) in [5, 5.41) is 0. The van der Waals surface area contributed by atoms with Gasteiger partial charge in [-0.1, -0.05) is 0 Å². The van der Waals surface area contributed by atoms with Gasteiger partial charge in [-0.3, -0.25) is 0 Å². The highest BCUT2D eigenvalue weighted by atomic mass is 35.5. The molecule has 0 atom stereocenters. The Kier molecular flexibility index (Phi) is 3.11. The van der Waals surface area contributed by atoms with Crippen molar-refractivity contribution in [2.75, 3.05) is 6.26 Å². The van der Waals surface area contributed by atoms with Crippen molar-refractivity contribution < 1.29 is 8.42 Å². The van der Waals surface area contributed by atoms with Crippen LogP contribution in [0, 0.1) is 0 Å². The van der Waals surface area contributed by atoms with E-state index >= 15 is 0 Å². The second kappa shape index (κ2) is 3.74. The van der Waals surface area contributed by atoms with E-state index in [2.05, 4.69) is 4.84 Å². The third-order valence-electron chi connectivity index (χ3n) is 1.24. The topological polar surface area (TPSA) is 46.2 Å². The van der Waals surface area contributed by atoms with Gasteiger partial charge in [0.25, 0.3) is 0 Å². The third-order valence-corrected chi connectivity index (χ3v) is 4.28. The zero-order valence-electron chi connectivity index (χ0n) is 6.37. The molecule has 0 radical (unpaired) electrons. The molecule has 0 aliphatic carbocycles. The SMILES string of the molecule is CS(=O)(=O)c1ccc(CNCl)s1. The van der Waals surface area contributed by atoms with E-state index in [0.717, 1.165) is 4.88 Å². The molecule has 0 bridgehead atoms. The quantitative estimate of drug-likeness (QED) is 0.791. The Labute approximate surface area is 80.4 Å². The number of thiophene rings is 1. The molecule has 0 unspecified atom stereocenters. The van der Waals surface area contributed by atoms with Gasteiger partial charge in [0.2, 0.25) is 0 Å². The van der Waals surface area contributed by atoms with Gasteiger partial charge in [-0.15, -0.1) is 11.3 Å². The van der Waals surface area contributed by atoms with E-state index in [1.165, 1.54) is 17.6 Å². The number of halogens is 1. The van der Waals surface area contributed by atoms with Gasteiger partial charge in [0.1, 0.15) is 4.21 Å². The minimum atomic E-state index is -3.05. The third kappa shape index (κ3) is 2.45.